The standard InChI is InChI=1S/C13H30O2Si.FH/c1-5-6-7-8-9-10-11-12-13-16(4,14-2)15-3;/h5-13H2,1-4H3;1H. The predicted molar refractivity (Wildman–Crippen MR) is 75.6 cm³/mol. The molecule has 0 spiro atoms. The summed E-state index contributed by atoms with van der Waals surface area (Å²) < 4.78 is 10.9. The molecule has 106 valence electrons. The Bertz CT molecular complexity index is 152. The van der Waals surface area contributed by atoms with E-state index in [1.165, 1.54) is 51.4 Å². The normalized spacial score (nSPS) is 11.3. The minimum atomic E-state index is -1.78. The number of halogens is 1. The monoisotopic (exact) mass is 266 g/mol. The second kappa shape index (κ2) is 12.5. The zero-order valence-corrected chi connectivity index (χ0v) is 13.1. The summed E-state index contributed by atoms with van der Waals surface area (Å²) in [4.78, 5) is 0. The molecule has 0 fully saturated rings. The molecule has 0 amide bonds. The van der Waals surface area contributed by atoms with Crippen molar-refractivity contribution in [3.63, 3.8) is 0 Å². The van der Waals surface area contributed by atoms with Gasteiger partial charge in [0.2, 0.25) is 0 Å². The van der Waals surface area contributed by atoms with E-state index in [9.17, 15) is 0 Å². The van der Waals surface area contributed by atoms with Gasteiger partial charge in [0.1, 0.15) is 0 Å². The fourth-order valence-corrected chi connectivity index (χ4v) is 3.33. The van der Waals surface area contributed by atoms with Gasteiger partial charge in [0.15, 0.2) is 0 Å². The highest BCUT2D eigenvalue weighted by molar-refractivity contribution is 6.65. The van der Waals surface area contributed by atoms with Gasteiger partial charge < -0.3 is 8.85 Å². The second-order valence-corrected chi connectivity index (χ2v) is 8.35. The highest BCUT2D eigenvalue weighted by Crippen LogP contribution is 2.17. The van der Waals surface area contributed by atoms with Crippen LogP contribution in [0.3, 0.4) is 0 Å². The summed E-state index contributed by atoms with van der Waals surface area (Å²) in [6, 6.07) is 1.13. The molecule has 0 aromatic rings. The van der Waals surface area contributed by atoms with Gasteiger partial charge in [0.05, 0.1) is 0 Å². The molecule has 0 bridgehead atoms. The van der Waals surface area contributed by atoms with Gasteiger partial charge in [0.25, 0.3) is 0 Å². The average Bonchev–Trinajstić information content (AvgIpc) is 2.32. The Balaban J connectivity index is 0. The van der Waals surface area contributed by atoms with E-state index in [1.54, 1.807) is 14.2 Å². The van der Waals surface area contributed by atoms with Crippen molar-refractivity contribution in [1.29, 1.82) is 0 Å². The van der Waals surface area contributed by atoms with E-state index in [-0.39, 0.29) is 4.70 Å². The van der Waals surface area contributed by atoms with E-state index in [0.717, 1.165) is 6.04 Å². The fourth-order valence-electron chi connectivity index (χ4n) is 1.87. The summed E-state index contributed by atoms with van der Waals surface area (Å²) >= 11 is 0. The molecule has 0 heterocycles. The van der Waals surface area contributed by atoms with E-state index in [1.807, 2.05) is 0 Å². The molecular formula is C13H31FO2Si. The van der Waals surface area contributed by atoms with Crippen molar-refractivity contribution < 1.29 is 13.6 Å². The lowest BCUT2D eigenvalue weighted by Gasteiger charge is -2.22. The molecule has 0 saturated heterocycles. The molecule has 0 aliphatic heterocycles. The van der Waals surface area contributed by atoms with E-state index in [0.29, 0.717) is 0 Å². The van der Waals surface area contributed by atoms with Crippen LogP contribution in [0.4, 0.5) is 4.70 Å². The number of hydrogen-bond donors (Lipinski definition) is 0. The Hall–Kier alpha value is 0.0669. The fraction of sp³-hybridized carbons (Fsp3) is 1.00. The van der Waals surface area contributed by atoms with E-state index in [2.05, 4.69) is 13.5 Å². The first-order valence-electron chi connectivity index (χ1n) is 6.79. The average molecular weight is 266 g/mol. The van der Waals surface area contributed by atoms with E-state index in [4.69, 9.17) is 8.85 Å². The van der Waals surface area contributed by atoms with Gasteiger partial charge in [-0.1, -0.05) is 58.3 Å². The summed E-state index contributed by atoms with van der Waals surface area (Å²) in [7, 11) is 1.78. The summed E-state index contributed by atoms with van der Waals surface area (Å²) in [5.74, 6) is 0. The van der Waals surface area contributed by atoms with Gasteiger partial charge in [0, 0.05) is 14.2 Å². The lowest BCUT2D eigenvalue weighted by Crippen LogP contribution is -2.35. The Morgan fingerprint density at radius 1 is 0.765 bits per heavy atom. The second-order valence-electron chi connectivity index (χ2n) is 4.77. The van der Waals surface area contributed by atoms with Crippen molar-refractivity contribution in [1.82, 2.24) is 0 Å². The maximum absolute atomic E-state index is 5.46. The quantitative estimate of drug-likeness (QED) is 0.400. The molecule has 0 atom stereocenters. The first-order valence-corrected chi connectivity index (χ1v) is 9.31. The summed E-state index contributed by atoms with van der Waals surface area (Å²) in [6.45, 7) is 4.41. The van der Waals surface area contributed by atoms with Crippen LogP contribution in [0.2, 0.25) is 12.6 Å². The molecule has 0 aliphatic rings. The van der Waals surface area contributed by atoms with Crippen LogP contribution in [0.15, 0.2) is 0 Å². The smallest absolute Gasteiger partial charge is 0.334 e. The van der Waals surface area contributed by atoms with Gasteiger partial charge in [-0.15, -0.1) is 0 Å². The third-order valence-electron chi connectivity index (χ3n) is 3.35. The predicted octanol–water partition coefficient (Wildman–Crippen LogP) is 4.64. The third-order valence-corrected chi connectivity index (χ3v) is 6.34. The van der Waals surface area contributed by atoms with Crippen molar-refractivity contribution in [3.05, 3.63) is 0 Å². The van der Waals surface area contributed by atoms with Gasteiger partial charge in [-0.05, 0) is 12.6 Å². The van der Waals surface area contributed by atoms with Crippen LogP contribution in [0.25, 0.3) is 0 Å². The Labute approximate surface area is 108 Å². The van der Waals surface area contributed by atoms with Crippen molar-refractivity contribution in [2.45, 2.75) is 70.9 Å². The van der Waals surface area contributed by atoms with Crippen LogP contribution in [-0.4, -0.2) is 22.8 Å². The Morgan fingerprint density at radius 3 is 1.59 bits per heavy atom. The molecule has 2 nitrogen and oxygen atoms in total. The van der Waals surface area contributed by atoms with Crippen LogP contribution < -0.4 is 0 Å². The molecule has 0 aromatic heterocycles. The molecule has 0 rings (SSSR count). The molecule has 0 N–H and O–H groups in total. The highest BCUT2D eigenvalue weighted by Gasteiger charge is 2.27. The topological polar surface area (TPSA) is 18.5 Å². The molecular weight excluding hydrogens is 235 g/mol. The SMILES string of the molecule is CCCCCCCCCC[Si](C)(OC)OC.F. The summed E-state index contributed by atoms with van der Waals surface area (Å²) in [5.41, 5.74) is 0. The van der Waals surface area contributed by atoms with Crippen molar-refractivity contribution >= 4 is 8.56 Å². The van der Waals surface area contributed by atoms with E-state index < -0.39 is 8.56 Å². The third kappa shape index (κ3) is 10.9. The Morgan fingerprint density at radius 2 is 1.18 bits per heavy atom. The highest BCUT2D eigenvalue weighted by atomic mass is 28.4. The summed E-state index contributed by atoms with van der Waals surface area (Å²) in [5, 5.41) is 0. The molecule has 0 radical (unpaired) electrons. The van der Waals surface area contributed by atoms with Crippen molar-refractivity contribution in [2.75, 3.05) is 14.2 Å². The molecule has 17 heavy (non-hydrogen) atoms. The van der Waals surface area contributed by atoms with Crippen LogP contribution in [-0.2, 0) is 8.85 Å². The van der Waals surface area contributed by atoms with Gasteiger partial charge in [-0.3, -0.25) is 4.70 Å². The first-order chi connectivity index (χ1) is 7.68. The lowest BCUT2D eigenvalue weighted by molar-refractivity contribution is 0.248. The first kappa shape index (κ1) is 19.4. The van der Waals surface area contributed by atoms with Crippen LogP contribution in [0.5, 0.6) is 0 Å². The molecule has 0 aliphatic carbocycles. The number of unbranched alkanes of at least 4 members (excludes halogenated alkanes) is 7. The van der Waals surface area contributed by atoms with E-state index >= 15 is 0 Å². The van der Waals surface area contributed by atoms with Gasteiger partial charge in [-0.2, -0.15) is 0 Å². The molecule has 0 unspecified atom stereocenters. The Kier molecular flexibility index (Phi) is 14.3. The number of hydrogen-bond acceptors (Lipinski definition) is 2. The van der Waals surface area contributed by atoms with Crippen molar-refractivity contribution in [3.8, 4) is 0 Å². The largest absolute Gasteiger partial charge is 0.398 e. The summed E-state index contributed by atoms with van der Waals surface area (Å²) in [6.07, 6.45) is 10.9. The lowest BCUT2D eigenvalue weighted by atomic mass is 10.1. The zero-order valence-electron chi connectivity index (χ0n) is 12.1. The van der Waals surface area contributed by atoms with Crippen LogP contribution in [0.1, 0.15) is 58.3 Å². The van der Waals surface area contributed by atoms with Crippen molar-refractivity contribution in [2.24, 2.45) is 0 Å². The minimum Gasteiger partial charge on any atom is -0.398 e. The zero-order chi connectivity index (χ0) is 12.3. The van der Waals surface area contributed by atoms with Crippen LogP contribution >= 0.6 is 0 Å². The maximum Gasteiger partial charge on any atom is 0.334 e. The molecule has 0 saturated carbocycles. The van der Waals surface area contributed by atoms with Crippen LogP contribution in [0, 0.1) is 0 Å². The number of rotatable bonds is 11. The molecule has 0 aromatic carbocycles. The van der Waals surface area contributed by atoms with Gasteiger partial charge in [-0.25, -0.2) is 0 Å². The maximum atomic E-state index is 5.46. The minimum absolute atomic E-state index is 0. The van der Waals surface area contributed by atoms with Gasteiger partial charge >= 0.3 is 8.56 Å². The molecule has 4 heteroatoms.